The average molecular weight is 435 g/mol. The molecule has 0 bridgehead atoms. The predicted octanol–water partition coefficient (Wildman–Crippen LogP) is -0.166. The topological polar surface area (TPSA) is 34.7 Å². The minimum Gasteiger partial charge on any atom is -0.684 e. The maximum absolute atomic E-state index is 4.33. The number of nitrogens with zero attached hydrogens (tertiary/aromatic N) is 4. The first-order chi connectivity index (χ1) is 12.8. The van der Waals surface area contributed by atoms with Crippen molar-refractivity contribution in [1.82, 2.24) is 9.80 Å². The van der Waals surface area contributed by atoms with E-state index in [2.05, 4.69) is 114 Å². The Bertz CT molecular complexity index is 476. The maximum atomic E-state index is 4.33. The second-order valence-corrected chi connectivity index (χ2v) is 9.98. The summed E-state index contributed by atoms with van der Waals surface area (Å²) in [4.78, 5) is 4.36. The van der Waals surface area contributed by atoms with Crippen molar-refractivity contribution in [2.45, 2.75) is 53.6 Å². The fourth-order valence-corrected chi connectivity index (χ4v) is 2.25. The standard InChI is InChI=1S/2C9H14N.C6H16N2.2Na/c2*1-9(2,3)8-6-4-5-7-10-8;1-7(2)5-6-8(3)4;;/h2*4-8H,1-3H3;5-6H2,1-4H3;;/q2*-1;;2*+1/t2*8-;;;/m10.../s1. The first-order valence-electron chi connectivity index (χ1n) is 10.2. The SMILES string of the molecule is CC(C)(C)[C@@H]1C=CC=C[N-]1.CC(C)(C)[C@H]1C=CC=C[N-]1.CN(C)CCN(C)C.[Na+].[Na+]. The summed E-state index contributed by atoms with van der Waals surface area (Å²) < 4.78 is 0. The van der Waals surface area contributed by atoms with Crippen LogP contribution in [0.2, 0.25) is 0 Å². The molecule has 0 unspecified atom stereocenters. The van der Waals surface area contributed by atoms with E-state index in [9.17, 15) is 0 Å². The molecule has 0 aromatic heterocycles. The van der Waals surface area contributed by atoms with Gasteiger partial charge in [0.05, 0.1) is 0 Å². The number of allylic oxidation sites excluding steroid dienone is 4. The Morgan fingerprint density at radius 2 is 0.900 bits per heavy atom. The molecule has 4 nitrogen and oxygen atoms in total. The molecule has 0 aliphatic carbocycles. The third kappa shape index (κ3) is 19.2. The molecule has 0 radical (unpaired) electrons. The molecule has 2 aliphatic heterocycles. The van der Waals surface area contributed by atoms with Crippen molar-refractivity contribution in [3.63, 3.8) is 0 Å². The average Bonchev–Trinajstić information content (AvgIpc) is 2.61. The summed E-state index contributed by atoms with van der Waals surface area (Å²) in [5, 5.41) is 8.67. The van der Waals surface area contributed by atoms with E-state index in [0.29, 0.717) is 12.1 Å². The van der Waals surface area contributed by atoms with E-state index in [1.807, 2.05) is 24.6 Å². The Morgan fingerprint density at radius 1 is 0.600 bits per heavy atom. The van der Waals surface area contributed by atoms with Gasteiger partial charge in [0, 0.05) is 13.1 Å². The molecule has 0 N–H and O–H groups in total. The monoisotopic (exact) mass is 434 g/mol. The van der Waals surface area contributed by atoms with Crippen molar-refractivity contribution in [1.29, 1.82) is 0 Å². The molecule has 0 saturated heterocycles. The van der Waals surface area contributed by atoms with Crippen LogP contribution in [0.25, 0.3) is 10.6 Å². The molecule has 6 heteroatoms. The molecule has 2 atom stereocenters. The number of hydrogen-bond donors (Lipinski definition) is 0. The molecule has 0 aromatic rings. The van der Waals surface area contributed by atoms with E-state index in [-0.39, 0.29) is 69.9 Å². The summed E-state index contributed by atoms with van der Waals surface area (Å²) in [6.07, 6.45) is 16.1. The number of likely N-dealkylation sites (N-methyl/N-ethyl adjacent to an activating group) is 2. The summed E-state index contributed by atoms with van der Waals surface area (Å²) >= 11 is 0. The van der Waals surface area contributed by atoms with Crippen LogP contribution < -0.4 is 59.1 Å². The molecule has 0 fully saturated rings. The van der Waals surface area contributed by atoms with E-state index >= 15 is 0 Å². The molecule has 2 rings (SSSR count). The fourth-order valence-electron chi connectivity index (χ4n) is 2.25. The Kier molecular flexibility index (Phi) is 21.0. The van der Waals surface area contributed by atoms with Gasteiger partial charge in [0.1, 0.15) is 0 Å². The molecule has 2 aliphatic rings. The second kappa shape index (κ2) is 18.0. The predicted molar refractivity (Wildman–Crippen MR) is 127 cm³/mol. The molecule has 0 amide bonds. The molecule has 162 valence electrons. The Balaban J connectivity index is -0.000000356. The van der Waals surface area contributed by atoms with Crippen molar-refractivity contribution < 1.29 is 59.1 Å². The zero-order valence-corrected chi connectivity index (χ0v) is 26.0. The van der Waals surface area contributed by atoms with Crippen LogP contribution in [0.3, 0.4) is 0 Å². The zero-order valence-electron chi connectivity index (χ0n) is 22.0. The van der Waals surface area contributed by atoms with Crippen molar-refractivity contribution in [2.24, 2.45) is 10.8 Å². The van der Waals surface area contributed by atoms with Gasteiger partial charge >= 0.3 is 59.1 Å². The van der Waals surface area contributed by atoms with E-state index in [1.165, 1.54) is 0 Å². The van der Waals surface area contributed by atoms with Gasteiger partial charge in [0.15, 0.2) is 0 Å². The Morgan fingerprint density at radius 3 is 1.03 bits per heavy atom. The van der Waals surface area contributed by atoms with Gasteiger partial charge in [-0.15, -0.1) is 0 Å². The molecule has 2 heterocycles. The summed E-state index contributed by atoms with van der Waals surface area (Å²) in [6, 6.07) is 0.718. The van der Waals surface area contributed by atoms with Crippen molar-refractivity contribution in [3.8, 4) is 0 Å². The summed E-state index contributed by atoms with van der Waals surface area (Å²) in [5.41, 5.74) is 0.530. The maximum Gasteiger partial charge on any atom is 1.00 e. The smallest absolute Gasteiger partial charge is 0.684 e. The van der Waals surface area contributed by atoms with Gasteiger partial charge in [0.2, 0.25) is 0 Å². The Labute approximate surface area is 232 Å². The Hall–Kier alpha value is 0.480. The summed E-state index contributed by atoms with van der Waals surface area (Å²) in [5.74, 6) is 0. The summed E-state index contributed by atoms with van der Waals surface area (Å²) in [6.45, 7) is 15.5. The fraction of sp³-hybridized carbons (Fsp3) is 0.667. The number of hydrogen-bond acceptors (Lipinski definition) is 2. The van der Waals surface area contributed by atoms with Crippen LogP contribution in [0.15, 0.2) is 48.9 Å². The van der Waals surface area contributed by atoms with Crippen LogP contribution >= 0.6 is 0 Å². The molecular formula is C24H44N4Na2. The van der Waals surface area contributed by atoms with E-state index in [1.54, 1.807) is 0 Å². The molecule has 0 saturated carbocycles. The summed E-state index contributed by atoms with van der Waals surface area (Å²) in [7, 11) is 8.35. The van der Waals surface area contributed by atoms with E-state index in [4.69, 9.17) is 0 Å². The normalized spacial score (nSPS) is 19.3. The van der Waals surface area contributed by atoms with Gasteiger partial charge in [-0.05, 0) is 39.0 Å². The van der Waals surface area contributed by atoms with Crippen LogP contribution in [0.4, 0.5) is 0 Å². The quantitative estimate of drug-likeness (QED) is 0.579. The minimum absolute atomic E-state index is 0. The van der Waals surface area contributed by atoms with E-state index < -0.39 is 0 Å². The molecule has 0 aromatic carbocycles. The van der Waals surface area contributed by atoms with Crippen molar-refractivity contribution in [3.05, 3.63) is 59.5 Å². The molecule has 30 heavy (non-hydrogen) atoms. The van der Waals surface area contributed by atoms with E-state index in [0.717, 1.165) is 13.1 Å². The largest absolute Gasteiger partial charge is 1.00 e. The van der Waals surface area contributed by atoms with Gasteiger partial charge in [-0.3, -0.25) is 0 Å². The van der Waals surface area contributed by atoms with Gasteiger partial charge < -0.3 is 20.4 Å². The molecular weight excluding hydrogens is 390 g/mol. The third-order valence-electron chi connectivity index (χ3n) is 4.24. The first kappa shape index (κ1) is 35.1. The van der Waals surface area contributed by atoms with Crippen LogP contribution in [0, 0.1) is 10.8 Å². The van der Waals surface area contributed by atoms with Gasteiger partial charge in [-0.2, -0.15) is 12.4 Å². The van der Waals surface area contributed by atoms with Gasteiger partial charge in [-0.25, -0.2) is 0 Å². The van der Waals surface area contributed by atoms with Crippen LogP contribution in [-0.4, -0.2) is 63.2 Å². The van der Waals surface area contributed by atoms with Crippen LogP contribution in [0.1, 0.15) is 41.5 Å². The van der Waals surface area contributed by atoms with Gasteiger partial charge in [0.25, 0.3) is 0 Å². The van der Waals surface area contributed by atoms with Crippen molar-refractivity contribution in [2.75, 3.05) is 41.3 Å². The van der Waals surface area contributed by atoms with Crippen LogP contribution in [0.5, 0.6) is 0 Å². The zero-order chi connectivity index (χ0) is 21.8. The first-order valence-corrected chi connectivity index (χ1v) is 10.2. The minimum atomic E-state index is 0. The van der Waals surface area contributed by atoms with Gasteiger partial charge in [-0.1, -0.05) is 90.1 Å². The third-order valence-corrected chi connectivity index (χ3v) is 4.24. The van der Waals surface area contributed by atoms with Crippen LogP contribution in [-0.2, 0) is 0 Å². The second-order valence-electron chi connectivity index (χ2n) is 9.98. The molecule has 0 spiro atoms. The van der Waals surface area contributed by atoms with Crippen molar-refractivity contribution >= 4 is 0 Å². The number of rotatable bonds is 3.